The highest BCUT2D eigenvalue weighted by Crippen LogP contribution is 2.22. The summed E-state index contributed by atoms with van der Waals surface area (Å²) in [6.45, 7) is 0.654. The van der Waals surface area contributed by atoms with Gasteiger partial charge in [0, 0.05) is 22.8 Å². The minimum atomic E-state index is -0.286. The zero-order valence-electron chi connectivity index (χ0n) is 14.3. The molecule has 1 fully saturated rings. The lowest BCUT2D eigenvalue weighted by Gasteiger charge is -2.33. The van der Waals surface area contributed by atoms with Gasteiger partial charge in [-0.25, -0.2) is 0 Å². The number of morpholine rings is 1. The first-order valence-electron chi connectivity index (χ1n) is 8.16. The summed E-state index contributed by atoms with van der Waals surface area (Å²) in [4.78, 5) is 26.0. The van der Waals surface area contributed by atoms with Gasteiger partial charge in [-0.1, -0.05) is 11.6 Å². The quantitative estimate of drug-likeness (QED) is 0.873. The Balaban J connectivity index is 1.59. The summed E-state index contributed by atoms with van der Waals surface area (Å²) in [7, 11) is 1.59. The molecular weight excluding hydrogens is 356 g/mol. The van der Waals surface area contributed by atoms with E-state index in [1.807, 2.05) is 12.1 Å². The molecule has 136 valence electrons. The third-order valence-corrected chi connectivity index (χ3v) is 4.36. The van der Waals surface area contributed by atoms with Crippen LogP contribution in [-0.2, 0) is 9.53 Å². The van der Waals surface area contributed by atoms with Crippen molar-refractivity contribution in [2.45, 2.75) is 6.10 Å². The number of ether oxygens (including phenoxy) is 2. The van der Waals surface area contributed by atoms with Gasteiger partial charge in [-0.2, -0.15) is 0 Å². The number of halogens is 1. The first kappa shape index (κ1) is 18.2. The summed E-state index contributed by atoms with van der Waals surface area (Å²) < 4.78 is 10.7. The van der Waals surface area contributed by atoms with Crippen molar-refractivity contribution in [1.29, 1.82) is 0 Å². The number of anilines is 1. The Bertz CT molecular complexity index is 777. The molecule has 1 aliphatic rings. The number of hydrogen-bond donors (Lipinski definition) is 1. The van der Waals surface area contributed by atoms with Crippen LogP contribution in [0, 0.1) is 0 Å². The highest BCUT2D eigenvalue weighted by Gasteiger charge is 2.27. The lowest BCUT2D eigenvalue weighted by atomic mass is 10.2. The molecule has 2 aromatic carbocycles. The summed E-state index contributed by atoms with van der Waals surface area (Å²) in [5, 5.41) is 3.40. The molecule has 1 aliphatic heterocycles. The van der Waals surface area contributed by atoms with Gasteiger partial charge >= 0.3 is 0 Å². The third-order valence-electron chi connectivity index (χ3n) is 4.11. The zero-order valence-corrected chi connectivity index (χ0v) is 15.0. The Kier molecular flexibility index (Phi) is 5.75. The fraction of sp³-hybridized carbons (Fsp3) is 0.263. The highest BCUT2D eigenvalue weighted by atomic mass is 35.5. The second kappa shape index (κ2) is 8.21. The monoisotopic (exact) mass is 374 g/mol. The summed E-state index contributed by atoms with van der Waals surface area (Å²) in [5.41, 5.74) is 1.29. The molecule has 1 unspecified atom stereocenters. The van der Waals surface area contributed by atoms with Crippen LogP contribution in [0.1, 0.15) is 10.4 Å². The molecule has 1 N–H and O–H groups in total. The van der Waals surface area contributed by atoms with Crippen molar-refractivity contribution in [2.24, 2.45) is 0 Å². The first-order chi connectivity index (χ1) is 12.6. The SMILES string of the molecule is COc1ccc(N2CC(CNC(=O)c3ccc(Cl)cc3)OCC2=O)cc1. The maximum Gasteiger partial charge on any atom is 0.253 e. The van der Waals surface area contributed by atoms with Gasteiger partial charge in [-0.05, 0) is 48.5 Å². The van der Waals surface area contributed by atoms with E-state index >= 15 is 0 Å². The topological polar surface area (TPSA) is 67.9 Å². The van der Waals surface area contributed by atoms with Gasteiger partial charge < -0.3 is 19.7 Å². The molecule has 3 rings (SSSR count). The first-order valence-corrected chi connectivity index (χ1v) is 8.54. The molecule has 1 atom stereocenters. The van der Waals surface area contributed by atoms with E-state index in [0.717, 1.165) is 11.4 Å². The molecule has 0 radical (unpaired) electrons. The summed E-state index contributed by atoms with van der Waals surface area (Å²) in [6, 6.07) is 13.9. The van der Waals surface area contributed by atoms with Crippen LogP contribution >= 0.6 is 11.6 Å². The normalized spacial score (nSPS) is 17.1. The van der Waals surface area contributed by atoms with Gasteiger partial charge in [0.15, 0.2) is 0 Å². The lowest BCUT2D eigenvalue weighted by molar-refractivity contribution is -0.129. The van der Waals surface area contributed by atoms with Crippen molar-refractivity contribution in [3.8, 4) is 5.75 Å². The fourth-order valence-corrected chi connectivity index (χ4v) is 2.80. The van der Waals surface area contributed by atoms with E-state index in [-0.39, 0.29) is 24.5 Å². The average molecular weight is 375 g/mol. The molecule has 1 saturated heterocycles. The Hall–Kier alpha value is -2.57. The molecule has 0 spiro atoms. The number of carbonyl (C=O) groups is 2. The molecule has 0 saturated carbocycles. The van der Waals surface area contributed by atoms with Crippen LogP contribution in [0.4, 0.5) is 5.69 Å². The summed E-state index contributed by atoms with van der Waals surface area (Å²) in [6.07, 6.45) is -0.286. The molecule has 2 aromatic rings. The lowest BCUT2D eigenvalue weighted by Crippen LogP contribution is -2.50. The Morgan fingerprint density at radius 2 is 1.92 bits per heavy atom. The van der Waals surface area contributed by atoms with Crippen molar-refractivity contribution < 1.29 is 19.1 Å². The van der Waals surface area contributed by atoms with Crippen molar-refractivity contribution in [3.05, 3.63) is 59.1 Å². The molecule has 0 aromatic heterocycles. The maximum absolute atomic E-state index is 12.2. The third kappa shape index (κ3) is 4.33. The number of hydrogen-bond acceptors (Lipinski definition) is 4. The van der Waals surface area contributed by atoms with Crippen LogP contribution in [0.15, 0.2) is 48.5 Å². The maximum atomic E-state index is 12.2. The van der Waals surface area contributed by atoms with Gasteiger partial charge in [-0.15, -0.1) is 0 Å². The number of methoxy groups -OCH3 is 1. The van der Waals surface area contributed by atoms with Crippen molar-refractivity contribution in [2.75, 3.05) is 31.7 Å². The largest absolute Gasteiger partial charge is 0.497 e. The van der Waals surface area contributed by atoms with Gasteiger partial charge in [-0.3, -0.25) is 9.59 Å². The Morgan fingerprint density at radius 3 is 2.58 bits per heavy atom. The van der Waals surface area contributed by atoms with Crippen molar-refractivity contribution in [3.63, 3.8) is 0 Å². The Morgan fingerprint density at radius 1 is 1.23 bits per heavy atom. The van der Waals surface area contributed by atoms with Crippen molar-refractivity contribution in [1.82, 2.24) is 5.32 Å². The smallest absolute Gasteiger partial charge is 0.253 e. The van der Waals surface area contributed by atoms with Crippen LogP contribution < -0.4 is 15.0 Å². The minimum Gasteiger partial charge on any atom is -0.497 e. The van der Waals surface area contributed by atoms with Crippen LogP contribution in [0.25, 0.3) is 0 Å². The molecule has 7 heteroatoms. The van der Waals surface area contributed by atoms with Gasteiger partial charge in [0.05, 0.1) is 19.8 Å². The van der Waals surface area contributed by atoms with Gasteiger partial charge in [0.1, 0.15) is 12.4 Å². The van der Waals surface area contributed by atoms with E-state index < -0.39 is 0 Å². The fourth-order valence-electron chi connectivity index (χ4n) is 2.67. The van der Waals surface area contributed by atoms with Crippen LogP contribution in [0.5, 0.6) is 5.75 Å². The second-order valence-electron chi connectivity index (χ2n) is 5.85. The van der Waals surface area contributed by atoms with E-state index in [4.69, 9.17) is 21.1 Å². The molecule has 2 amide bonds. The zero-order chi connectivity index (χ0) is 18.5. The molecule has 0 aliphatic carbocycles. The van der Waals surface area contributed by atoms with Crippen LogP contribution in [0.3, 0.4) is 0 Å². The highest BCUT2D eigenvalue weighted by molar-refractivity contribution is 6.30. The number of carbonyl (C=O) groups excluding carboxylic acids is 2. The molecular formula is C19H19ClN2O4. The van der Waals surface area contributed by atoms with E-state index in [1.165, 1.54) is 0 Å². The van der Waals surface area contributed by atoms with Crippen LogP contribution in [-0.4, -0.2) is 44.7 Å². The van der Waals surface area contributed by atoms with E-state index in [2.05, 4.69) is 5.32 Å². The molecule has 26 heavy (non-hydrogen) atoms. The number of benzene rings is 2. The molecule has 0 bridgehead atoms. The minimum absolute atomic E-state index is 0.0203. The van der Waals surface area contributed by atoms with Gasteiger partial charge in [0.2, 0.25) is 0 Å². The number of nitrogens with zero attached hydrogens (tertiary/aromatic N) is 1. The summed E-state index contributed by atoms with van der Waals surface area (Å²) in [5.74, 6) is 0.398. The van der Waals surface area contributed by atoms with Gasteiger partial charge in [0.25, 0.3) is 11.8 Å². The predicted octanol–water partition coefficient (Wildman–Crippen LogP) is 2.51. The molecule has 1 heterocycles. The summed E-state index contributed by atoms with van der Waals surface area (Å²) >= 11 is 5.83. The van der Waals surface area contributed by atoms with E-state index in [0.29, 0.717) is 23.7 Å². The Labute approximate surface area is 156 Å². The van der Waals surface area contributed by atoms with Crippen LogP contribution in [0.2, 0.25) is 5.02 Å². The van der Waals surface area contributed by atoms with Crippen molar-refractivity contribution >= 4 is 29.1 Å². The predicted molar refractivity (Wildman–Crippen MR) is 98.9 cm³/mol. The number of amides is 2. The second-order valence-corrected chi connectivity index (χ2v) is 6.29. The number of nitrogens with one attached hydrogen (secondary N) is 1. The standard InChI is InChI=1S/C19H19ClN2O4/c1-25-16-8-6-15(7-9-16)22-11-17(26-12-18(22)23)10-21-19(24)13-2-4-14(20)5-3-13/h2-9,17H,10-12H2,1H3,(H,21,24). The molecule has 6 nitrogen and oxygen atoms in total. The average Bonchev–Trinajstić information content (AvgIpc) is 2.68. The number of rotatable bonds is 5. The van der Waals surface area contributed by atoms with E-state index in [1.54, 1.807) is 48.4 Å². The van der Waals surface area contributed by atoms with E-state index in [9.17, 15) is 9.59 Å².